The number of nitrogens with one attached hydrogen (secondary N) is 2. The Morgan fingerprint density at radius 3 is 2.60 bits per heavy atom. The summed E-state index contributed by atoms with van der Waals surface area (Å²) in [6, 6.07) is 0. The van der Waals surface area contributed by atoms with Crippen LogP contribution in [0.1, 0.15) is 13.3 Å². The molecule has 0 saturated carbocycles. The Kier molecular flexibility index (Phi) is 3.96. The highest BCUT2D eigenvalue weighted by Crippen LogP contribution is 2.19. The van der Waals surface area contributed by atoms with Crippen molar-refractivity contribution in [2.75, 3.05) is 19.6 Å². The van der Waals surface area contributed by atoms with E-state index in [1.807, 2.05) is 6.92 Å². The molecule has 1 aliphatic heterocycles. The zero-order valence-corrected chi connectivity index (χ0v) is 8.53. The molecule has 6 heteroatoms. The zero-order chi connectivity index (χ0) is 11.5. The highest BCUT2D eigenvalue weighted by molar-refractivity contribution is 5.79. The number of hydrogen-bond acceptors (Lipinski definition) is 2. The predicted octanol–water partition coefficient (Wildman–Crippen LogP) is 0.910. The van der Waals surface area contributed by atoms with Gasteiger partial charge in [0.15, 0.2) is 0 Å². The Bertz CT molecular complexity index is 230. The van der Waals surface area contributed by atoms with E-state index in [0.717, 1.165) is 6.54 Å². The monoisotopic (exact) mass is 224 g/mol. The molecule has 1 heterocycles. The van der Waals surface area contributed by atoms with Crippen LogP contribution in [-0.4, -0.2) is 31.7 Å². The van der Waals surface area contributed by atoms with Gasteiger partial charge in [0, 0.05) is 13.1 Å². The van der Waals surface area contributed by atoms with Crippen LogP contribution in [0.15, 0.2) is 0 Å². The van der Waals surface area contributed by atoms with Crippen molar-refractivity contribution in [2.24, 2.45) is 11.8 Å². The molecule has 0 aromatic rings. The van der Waals surface area contributed by atoms with Crippen LogP contribution in [0.5, 0.6) is 0 Å². The second-order valence-electron chi connectivity index (χ2n) is 3.90. The average molecular weight is 224 g/mol. The lowest BCUT2D eigenvalue weighted by Crippen LogP contribution is -2.36. The third-order valence-corrected chi connectivity index (χ3v) is 2.56. The summed E-state index contributed by atoms with van der Waals surface area (Å²) in [4.78, 5) is 11.4. The summed E-state index contributed by atoms with van der Waals surface area (Å²) in [5.41, 5.74) is 0. The zero-order valence-electron chi connectivity index (χ0n) is 8.53. The second kappa shape index (κ2) is 4.83. The van der Waals surface area contributed by atoms with Crippen molar-refractivity contribution in [3.8, 4) is 0 Å². The minimum atomic E-state index is -4.20. The third-order valence-electron chi connectivity index (χ3n) is 2.56. The summed E-state index contributed by atoms with van der Waals surface area (Å²) < 4.78 is 35.4. The van der Waals surface area contributed by atoms with Gasteiger partial charge < -0.3 is 10.6 Å². The SMILES string of the molecule is CC1CNCC1C(=O)NCCC(F)(F)F. The van der Waals surface area contributed by atoms with Crippen molar-refractivity contribution >= 4 is 5.91 Å². The van der Waals surface area contributed by atoms with Gasteiger partial charge >= 0.3 is 6.18 Å². The molecular formula is C9H15F3N2O. The molecule has 2 atom stereocenters. The standard InChI is InChI=1S/C9H15F3N2O/c1-6-4-13-5-7(6)8(15)14-3-2-9(10,11)12/h6-7,13H,2-5H2,1H3,(H,14,15). The molecule has 0 aliphatic carbocycles. The topological polar surface area (TPSA) is 41.1 Å². The lowest BCUT2D eigenvalue weighted by Gasteiger charge is -2.14. The predicted molar refractivity (Wildman–Crippen MR) is 49.2 cm³/mol. The summed E-state index contributed by atoms with van der Waals surface area (Å²) in [5, 5.41) is 5.34. The van der Waals surface area contributed by atoms with Gasteiger partial charge in [0.1, 0.15) is 0 Å². The Labute approximate surface area is 86.4 Å². The molecule has 1 saturated heterocycles. The quantitative estimate of drug-likeness (QED) is 0.748. The molecule has 0 aromatic carbocycles. The smallest absolute Gasteiger partial charge is 0.355 e. The first kappa shape index (κ1) is 12.3. The summed E-state index contributed by atoms with van der Waals surface area (Å²) in [5.74, 6) is -0.286. The van der Waals surface area contributed by atoms with E-state index in [0.29, 0.717) is 6.54 Å². The van der Waals surface area contributed by atoms with Crippen LogP contribution in [0.25, 0.3) is 0 Å². The summed E-state index contributed by atoms with van der Waals surface area (Å²) in [6.45, 7) is 2.88. The van der Waals surface area contributed by atoms with Crippen LogP contribution in [0.3, 0.4) is 0 Å². The fraction of sp³-hybridized carbons (Fsp3) is 0.889. The van der Waals surface area contributed by atoms with Gasteiger partial charge in [-0.1, -0.05) is 6.92 Å². The maximum atomic E-state index is 11.8. The van der Waals surface area contributed by atoms with Gasteiger partial charge in [-0.25, -0.2) is 0 Å². The van der Waals surface area contributed by atoms with Gasteiger partial charge in [0.25, 0.3) is 0 Å². The maximum absolute atomic E-state index is 11.8. The van der Waals surface area contributed by atoms with Gasteiger partial charge in [-0.2, -0.15) is 13.2 Å². The fourth-order valence-corrected chi connectivity index (χ4v) is 1.62. The largest absolute Gasteiger partial charge is 0.390 e. The maximum Gasteiger partial charge on any atom is 0.390 e. The Morgan fingerprint density at radius 1 is 1.47 bits per heavy atom. The van der Waals surface area contributed by atoms with Crippen molar-refractivity contribution in [1.82, 2.24) is 10.6 Å². The van der Waals surface area contributed by atoms with Gasteiger partial charge in [0.05, 0.1) is 12.3 Å². The van der Waals surface area contributed by atoms with Gasteiger partial charge in [-0.15, -0.1) is 0 Å². The molecule has 0 spiro atoms. The number of hydrogen-bond donors (Lipinski definition) is 2. The lowest BCUT2D eigenvalue weighted by atomic mass is 9.97. The first-order valence-corrected chi connectivity index (χ1v) is 4.95. The molecule has 15 heavy (non-hydrogen) atoms. The number of alkyl halides is 3. The highest BCUT2D eigenvalue weighted by Gasteiger charge is 2.31. The number of amides is 1. The Balaban J connectivity index is 2.24. The van der Waals surface area contributed by atoms with Crippen LogP contribution in [-0.2, 0) is 4.79 Å². The minimum absolute atomic E-state index is 0.191. The molecule has 3 nitrogen and oxygen atoms in total. The van der Waals surface area contributed by atoms with Crippen molar-refractivity contribution < 1.29 is 18.0 Å². The summed E-state index contributed by atoms with van der Waals surface area (Å²) >= 11 is 0. The molecular weight excluding hydrogens is 209 g/mol. The van der Waals surface area contributed by atoms with E-state index >= 15 is 0 Å². The van der Waals surface area contributed by atoms with Crippen LogP contribution in [0, 0.1) is 11.8 Å². The number of halogens is 3. The van der Waals surface area contributed by atoms with Gasteiger partial charge in [-0.05, 0) is 12.5 Å². The molecule has 0 radical (unpaired) electrons. The Hall–Kier alpha value is -0.780. The first-order chi connectivity index (χ1) is 6.90. The van der Waals surface area contributed by atoms with Gasteiger partial charge in [0.2, 0.25) is 5.91 Å². The van der Waals surface area contributed by atoms with E-state index in [9.17, 15) is 18.0 Å². The van der Waals surface area contributed by atoms with E-state index in [1.54, 1.807) is 0 Å². The third kappa shape index (κ3) is 4.07. The molecule has 2 N–H and O–H groups in total. The van der Waals surface area contributed by atoms with E-state index in [1.165, 1.54) is 0 Å². The van der Waals surface area contributed by atoms with Crippen LogP contribution >= 0.6 is 0 Å². The first-order valence-electron chi connectivity index (χ1n) is 4.95. The second-order valence-corrected chi connectivity index (χ2v) is 3.90. The molecule has 1 amide bonds. The number of rotatable bonds is 3. The molecule has 1 fully saturated rings. The van der Waals surface area contributed by atoms with Crippen LogP contribution < -0.4 is 10.6 Å². The molecule has 1 rings (SSSR count). The van der Waals surface area contributed by atoms with E-state index < -0.39 is 12.6 Å². The number of carbonyl (C=O) groups is 1. The highest BCUT2D eigenvalue weighted by atomic mass is 19.4. The summed E-state index contributed by atoms with van der Waals surface area (Å²) in [7, 11) is 0. The minimum Gasteiger partial charge on any atom is -0.355 e. The van der Waals surface area contributed by atoms with Crippen molar-refractivity contribution in [1.29, 1.82) is 0 Å². The van der Waals surface area contributed by atoms with Crippen LogP contribution in [0.4, 0.5) is 13.2 Å². The van der Waals surface area contributed by atoms with Crippen molar-refractivity contribution in [3.05, 3.63) is 0 Å². The van der Waals surface area contributed by atoms with Crippen molar-refractivity contribution in [3.63, 3.8) is 0 Å². The summed E-state index contributed by atoms with van der Waals surface area (Å²) in [6.07, 6.45) is -5.17. The van der Waals surface area contributed by atoms with E-state index in [2.05, 4.69) is 10.6 Å². The molecule has 88 valence electrons. The lowest BCUT2D eigenvalue weighted by molar-refractivity contribution is -0.136. The Morgan fingerprint density at radius 2 is 2.13 bits per heavy atom. The normalized spacial score (nSPS) is 26.7. The van der Waals surface area contributed by atoms with E-state index in [-0.39, 0.29) is 24.3 Å². The molecule has 0 aromatic heterocycles. The average Bonchev–Trinajstić information content (AvgIpc) is 2.48. The van der Waals surface area contributed by atoms with Gasteiger partial charge in [-0.3, -0.25) is 4.79 Å². The number of carbonyl (C=O) groups excluding carboxylic acids is 1. The van der Waals surface area contributed by atoms with Crippen LogP contribution in [0.2, 0.25) is 0 Å². The van der Waals surface area contributed by atoms with E-state index in [4.69, 9.17) is 0 Å². The molecule has 2 unspecified atom stereocenters. The van der Waals surface area contributed by atoms with Crippen molar-refractivity contribution in [2.45, 2.75) is 19.5 Å². The molecule has 0 bridgehead atoms. The molecule has 1 aliphatic rings. The fourth-order valence-electron chi connectivity index (χ4n) is 1.62.